The molecule has 6 nitrogen and oxygen atoms in total. The van der Waals surface area contributed by atoms with E-state index in [4.69, 9.17) is 10.5 Å². The van der Waals surface area contributed by atoms with Crippen LogP contribution in [0.2, 0.25) is 0 Å². The van der Waals surface area contributed by atoms with E-state index in [2.05, 4.69) is 22.4 Å². The molecule has 25 heavy (non-hydrogen) atoms. The van der Waals surface area contributed by atoms with Gasteiger partial charge in [-0.15, -0.1) is 5.11 Å². The van der Waals surface area contributed by atoms with Crippen molar-refractivity contribution < 1.29 is 28.5 Å². The Morgan fingerprint density at radius 3 is 2.12 bits per heavy atom. The second kappa shape index (κ2) is 11.1. The standard InChI is InChI=1S/C18H19N6.HI/c1-23-12-2-5-17(15-23)22-21-16-6-8-18(9-7-16)24(13-3-10-19)14-4-11-20;/h2,5-9,12,15H,3-4,13-14H2,1H3;1H/q+1;/p-1. The molecule has 0 aliphatic rings. The molecule has 2 rings (SSSR count). The SMILES string of the molecule is C[n+]1cccc(N=Nc2ccc(N(CCC#N)CCC#N)cc2)c1.[I-]. The molecule has 0 saturated heterocycles. The van der Waals surface area contributed by atoms with Crippen LogP contribution in [0.3, 0.4) is 0 Å². The van der Waals surface area contributed by atoms with E-state index in [0.29, 0.717) is 25.9 Å². The first-order valence-corrected chi connectivity index (χ1v) is 7.69. The molecule has 0 spiro atoms. The highest BCUT2D eigenvalue weighted by molar-refractivity contribution is 5.53. The van der Waals surface area contributed by atoms with Crippen LogP contribution in [0.25, 0.3) is 0 Å². The number of hydrogen-bond acceptors (Lipinski definition) is 5. The predicted octanol–water partition coefficient (Wildman–Crippen LogP) is 0.564. The van der Waals surface area contributed by atoms with Crippen LogP contribution in [0.1, 0.15) is 12.8 Å². The number of azo groups is 1. The van der Waals surface area contributed by atoms with Crippen molar-refractivity contribution >= 4 is 17.1 Å². The lowest BCUT2D eigenvalue weighted by molar-refractivity contribution is -0.670. The number of nitriles is 2. The molecule has 2 aromatic rings. The Morgan fingerprint density at radius 1 is 0.960 bits per heavy atom. The number of nitrogens with zero attached hydrogens (tertiary/aromatic N) is 6. The highest BCUT2D eigenvalue weighted by Gasteiger charge is 2.06. The van der Waals surface area contributed by atoms with Gasteiger partial charge in [-0.3, -0.25) is 0 Å². The average molecular weight is 446 g/mol. The number of aromatic nitrogens is 1. The number of halogens is 1. The first kappa shape index (κ1) is 20.5. The normalized spacial score (nSPS) is 9.88. The Labute approximate surface area is 165 Å². The maximum absolute atomic E-state index is 8.76. The molecule has 1 heterocycles. The monoisotopic (exact) mass is 446 g/mol. The van der Waals surface area contributed by atoms with Gasteiger partial charge in [0.1, 0.15) is 12.7 Å². The van der Waals surface area contributed by atoms with E-state index in [9.17, 15) is 0 Å². The quantitative estimate of drug-likeness (QED) is 0.354. The zero-order chi connectivity index (χ0) is 17.2. The van der Waals surface area contributed by atoms with E-state index in [1.807, 2.05) is 65.3 Å². The van der Waals surface area contributed by atoms with Crippen LogP contribution in [0.15, 0.2) is 59.0 Å². The summed E-state index contributed by atoms with van der Waals surface area (Å²) >= 11 is 0. The third-order valence-electron chi connectivity index (χ3n) is 3.41. The molecule has 1 aromatic carbocycles. The van der Waals surface area contributed by atoms with Gasteiger partial charge in [0.05, 0.1) is 30.7 Å². The molecular formula is C18H19IN6. The lowest BCUT2D eigenvalue weighted by Gasteiger charge is -2.22. The minimum Gasteiger partial charge on any atom is -1.00 e. The average Bonchev–Trinajstić information content (AvgIpc) is 2.61. The number of hydrogen-bond donors (Lipinski definition) is 0. The Balaban J connectivity index is 0.00000312. The molecule has 0 bridgehead atoms. The molecule has 7 heteroatoms. The summed E-state index contributed by atoms with van der Waals surface area (Å²) in [6.07, 6.45) is 4.68. The molecule has 0 atom stereocenters. The van der Waals surface area contributed by atoms with Gasteiger partial charge >= 0.3 is 0 Å². The fourth-order valence-corrected chi connectivity index (χ4v) is 2.22. The van der Waals surface area contributed by atoms with E-state index in [-0.39, 0.29) is 24.0 Å². The second-order valence-corrected chi connectivity index (χ2v) is 5.25. The van der Waals surface area contributed by atoms with Gasteiger partial charge < -0.3 is 28.9 Å². The summed E-state index contributed by atoms with van der Waals surface area (Å²) in [5.41, 5.74) is 2.52. The Bertz CT molecular complexity index is 755. The molecule has 1 aromatic heterocycles. The highest BCUT2D eigenvalue weighted by atomic mass is 127. The number of aryl methyl sites for hydroxylation is 1. The van der Waals surface area contributed by atoms with Crippen LogP contribution in [-0.4, -0.2) is 13.1 Å². The first-order chi connectivity index (χ1) is 11.7. The summed E-state index contributed by atoms with van der Waals surface area (Å²) in [7, 11) is 1.94. The van der Waals surface area contributed by atoms with Crippen LogP contribution in [0.5, 0.6) is 0 Å². The summed E-state index contributed by atoms with van der Waals surface area (Å²) in [6, 6.07) is 15.7. The third-order valence-corrected chi connectivity index (χ3v) is 3.41. The van der Waals surface area contributed by atoms with Crippen molar-refractivity contribution in [3.63, 3.8) is 0 Å². The van der Waals surface area contributed by atoms with Gasteiger partial charge in [0.15, 0.2) is 12.4 Å². The highest BCUT2D eigenvalue weighted by Crippen LogP contribution is 2.22. The number of pyridine rings is 1. The fraction of sp³-hybridized carbons (Fsp3) is 0.278. The molecule has 0 unspecified atom stereocenters. The fourth-order valence-electron chi connectivity index (χ4n) is 2.22. The van der Waals surface area contributed by atoms with Gasteiger partial charge in [0.25, 0.3) is 0 Å². The molecule has 0 aliphatic carbocycles. The number of benzene rings is 1. The zero-order valence-electron chi connectivity index (χ0n) is 14.0. The van der Waals surface area contributed by atoms with E-state index in [1.165, 1.54) is 0 Å². The van der Waals surface area contributed by atoms with Gasteiger partial charge in [-0.1, -0.05) is 0 Å². The van der Waals surface area contributed by atoms with Crippen LogP contribution in [0.4, 0.5) is 17.1 Å². The maximum Gasteiger partial charge on any atom is 0.196 e. The maximum atomic E-state index is 8.76. The van der Waals surface area contributed by atoms with Crippen LogP contribution in [0, 0.1) is 22.7 Å². The summed E-state index contributed by atoms with van der Waals surface area (Å²) < 4.78 is 1.92. The van der Waals surface area contributed by atoms with Crippen molar-refractivity contribution in [1.29, 1.82) is 10.5 Å². The minimum absolute atomic E-state index is 0. The summed E-state index contributed by atoms with van der Waals surface area (Å²) in [4.78, 5) is 2.03. The largest absolute Gasteiger partial charge is 1.00 e. The van der Waals surface area contributed by atoms with Crippen LogP contribution >= 0.6 is 0 Å². The molecular weight excluding hydrogens is 427 g/mol. The molecule has 0 radical (unpaired) electrons. The summed E-state index contributed by atoms with van der Waals surface area (Å²) in [5, 5.41) is 26.0. The molecule has 0 aliphatic heterocycles. The first-order valence-electron chi connectivity index (χ1n) is 7.69. The van der Waals surface area contributed by atoms with Gasteiger partial charge in [-0.05, 0) is 30.3 Å². The van der Waals surface area contributed by atoms with Crippen molar-refractivity contribution in [1.82, 2.24) is 0 Å². The number of anilines is 1. The van der Waals surface area contributed by atoms with Crippen molar-refractivity contribution in [3.8, 4) is 12.1 Å². The number of rotatable bonds is 7. The van der Waals surface area contributed by atoms with Crippen molar-refractivity contribution in [3.05, 3.63) is 48.8 Å². The molecule has 0 amide bonds. The van der Waals surface area contributed by atoms with E-state index in [0.717, 1.165) is 17.1 Å². The Morgan fingerprint density at radius 2 is 1.56 bits per heavy atom. The lowest BCUT2D eigenvalue weighted by Crippen LogP contribution is -3.00. The van der Waals surface area contributed by atoms with Gasteiger partial charge in [0, 0.05) is 24.8 Å². The second-order valence-electron chi connectivity index (χ2n) is 5.25. The van der Waals surface area contributed by atoms with Gasteiger partial charge in [-0.2, -0.15) is 15.6 Å². The molecule has 0 saturated carbocycles. The van der Waals surface area contributed by atoms with Crippen molar-refractivity contribution in [2.45, 2.75) is 12.8 Å². The Kier molecular flexibility index (Phi) is 9.12. The van der Waals surface area contributed by atoms with Crippen LogP contribution < -0.4 is 33.4 Å². The third kappa shape index (κ3) is 6.86. The predicted molar refractivity (Wildman–Crippen MR) is 90.9 cm³/mol. The smallest absolute Gasteiger partial charge is 0.196 e. The lowest BCUT2D eigenvalue weighted by atomic mass is 10.2. The summed E-state index contributed by atoms with van der Waals surface area (Å²) in [6.45, 7) is 1.22. The van der Waals surface area contributed by atoms with E-state index < -0.39 is 0 Å². The minimum atomic E-state index is 0. The van der Waals surface area contributed by atoms with Crippen LogP contribution in [-0.2, 0) is 7.05 Å². The zero-order valence-corrected chi connectivity index (χ0v) is 16.2. The topological polar surface area (TPSA) is 79.4 Å². The van der Waals surface area contributed by atoms with Gasteiger partial charge in [-0.25, -0.2) is 4.57 Å². The molecule has 0 fully saturated rings. The van der Waals surface area contributed by atoms with E-state index in [1.54, 1.807) is 0 Å². The van der Waals surface area contributed by atoms with Crippen molar-refractivity contribution in [2.75, 3.05) is 18.0 Å². The van der Waals surface area contributed by atoms with Gasteiger partial charge in [0.2, 0.25) is 0 Å². The summed E-state index contributed by atoms with van der Waals surface area (Å²) in [5.74, 6) is 0. The van der Waals surface area contributed by atoms with Crippen molar-refractivity contribution in [2.24, 2.45) is 17.3 Å². The molecule has 0 N–H and O–H groups in total. The Hall–Kier alpha value is -2.52. The molecule has 128 valence electrons. The van der Waals surface area contributed by atoms with E-state index >= 15 is 0 Å².